The molecule has 8 heteroatoms. The van der Waals surface area contributed by atoms with Gasteiger partial charge in [0.15, 0.2) is 5.13 Å². The molecule has 0 bridgehead atoms. The molecule has 1 amide bonds. The second-order valence-electron chi connectivity index (χ2n) is 7.41. The molecule has 0 unspecified atom stereocenters. The topological polar surface area (TPSA) is 54.3 Å². The van der Waals surface area contributed by atoms with Crippen molar-refractivity contribution in [2.45, 2.75) is 33.2 Å². The minimum absolute atomic E-state index is 0.0803. The molecule has 0 spiro atoms. The van der Waals surface area contributed by atoms with Crippen molar-refractivity contribution >= 4 is 44.2 Å². The number of thiazole rings is 1. The summed E-state index contributed by atoms with van der Waals surface area (Å²) in [6.45, 7) is 7.42. The Morgan fingerprint density at radius 1 is 1.29 bits per heavy atom. The fourth-order valence-corrected chi connectivity index (χ4v) is 4.35. The van der Waals surface area contributed by atoms with Crippen molar-refractivity contribution in [3.05, 3.63) is 40.7 Å². The smallest absolute Gasteiger partial charge is 0.278 e. The third-order valence-corrected chi connectivity index (χ3v) is 5.74. The first-order valence-electron chi connectivity index (χ1n) is 9.35. The molecule has 0 radical (unpaired) electrons. The Kier molecular flexibility index (Phi) is 6.37. The maximum Gasteiger partial charge on any atom is 0.278 e. The number of aryl methyl sites for hydroxylation is 1. The number of carbonyl (C=O) groups excluding carboxylic acids is 1. The lowest BCUT2D eigenvalue weighted by Gasteiger charge is -2.22. The van der Waals surface area contributed by atoms with E-state index in [1.807, 2.05) is 59.1 Å². The zero-order valence-corrected chi connectivity index (χ0v) is 18.5. The Morgan fingerprint density at radius 2 is 2.04 bits per heavy atom. The van der Waals surface area contributed by atoms with E-state index in [2.05, 4.69) is 15.0 Å². The second-order valence-corrected chi connectivity index (χ2v) is 8.82. The zero-order chi connectivity index (χ0) is 20.4. The number of hydrogen-bond acceptors (Lipinski definition) is 5. The third-order valence-electron chi connectivity index (χ3n) is 4.39. The van der Waals surface area contributed by atoms with E-state index in [0.717, 1.165) is 28.9 Å². The molecule has 0 N–H and O–H groups in total. The van der Waals surface area contributed by atoms with Crippen LogP contribution in [0.25, 0.3) is 10.2 Å². The lowest BCUT2D eigenvalue weighted by molar-refractivity contribution is 0.0974. The van der Waals surface area contributed by atoms with Gasteiger partial charge in [-0.2, -0.15) is 5.10 Å². The molecule has 0 aliphatic rings. The number of anilines is 1. The summed E-state index contributed by atoms with van der Waals surface area (Å²) in [5.41, 5.74) is 2.16. The zero-order valence-electron chi connectivity index (χ0n) is 16.9. The van der Waals surface area contributed by atoms with Gasteiger partial charge in [-0.1, -0.05) is 29.0 Å². The van der Waals surface area contributed by atoms with E-state index in [1.54, 1.807) is 9.58 Å². The SMILES string of the molecule is Cc1cc(C(=O)N(CCCN(C)C)c2nc3c(Cl)cccc3s2)n(C(C)C)n1. The Bertz CT molecular complexity index is 978. The van der Waals surface area contributed by atoms with E-state index in [1.165, 1.54) is 11.3 Å². The Hall–Kier alpha value is -1.96. The third kappa shape index (κ3) is 4.37. The van der Waals surface area contributed by atoms with Gasteiger partial charge in [0.1, 0.15) is 11.2 Å². The molecule has 0 saturated heterocycles. The molecule has 2 aromatic heterocycles. The van der Waals surface area contributed by atoms with Crippen LogP contribution in [-0.4, -0.2) is 52.8 Å². The molecule has 1 aromatic carbocycles. The molecular formula is C20H26ClN5OS. The molecule has 28 heavy (non-hydrogen) atoms. The number of aromatic nitrogens is 3. The van der Waals surface area contributed by atoms with Crippen LogP contribution in [0.4, 0.5) is 5.13 Å². The Labute approximate surface area is 174 Å². The van der Waals surface area contributed by atoms with Crippen LogP contribution in [0.2, 0.25) is 5.02 Å². The number of benzene rings is 1. The van der Waals surface area contributed by atoms with Gasteiger partial charge in [0, 0.05) is 12.6 Å². The summed E-state index contributed by atoms with van der Waals surface area (Å²) in [5.74, 6) is -0.0803. The molecule has 150 valence electrons. The molecule has 0 aliphatic carbocycles. The summed E-state index contributed by atoms with van der Waals surface area (Å²) in [7, 11) is 4.06. The van der Waals surface area contributed by atoms with E-state index in [9.17, 15) is 4.79 Å². The van der Waals surface area contributed by atoms with E-state index in [4.69, 9.17) is 11.6 Å². The van der Waals surface area contributed by atoms with Gasteiger partial charge in [-0.15, -0.1) is 0 Å². The van der Waals surface area contributed by atoms with Crippen molar-refractivity contribution in [3.8, 4) is 0 Å². The monoisotopic (exact) mass is 419 g/mol. The summed E-state index contributed by atoms with van der Waals surface area (Å²) in [5, 5.41) is 5.76. The summed E-state index contributed by atoms with van der Waals surface area (Å²) in [6, 6.07) is 7.65. The van der Waals surface area contributed by atoms with Crippen molar-refractivity contribution in [2.75, 3.05) is 32.1 Å². The van der Waals surface area contributed by atoms with E-state index in [0.29, 0.717) is 22.4 Å². The van der Waals surface area contributed by atoms with Crippen LogP contribution in [0.3, 0.4) is 0 Å². The first-order valence-corrected chi connectivity index (χ1v) is 10.5. The van der Waals surface area contributed by atoms with Crippen LogP contribution >= 0.6 is 22.9 Å². The lowest BCUT2D eigenvalue weighted by atomic mass is 10.3. The Balaban J connectivity index is 2.00. The number of hydrogen-bond donors (Lipinski definition) is 0. The van der Waals surface area contributed by atoms with Gasteiger partial charge < -0.3 is 4.90 Å². The first-order chi connectivity index (χ1) is 13.3. The predicted octanol–water partition coefficient (Wildman–Crippen LogP) is 4.63. The number of fused-ring (bicyclic) bond motifs is 1. The minimum atomic E-state index is -0.0803. The van der Waals surface area contributed by atoms with Gasteiger partial charge in [0.05, 0.1) is 15.4 Å². The van der Waals surface area contributed by atoms with Crippen molar-refractivity contribution in [1.29, 1.82) is 0 Å². The van der Waals surface area contributed by atoms with Crippen LogP contribution in [0.15, 0.2) is 24.3 Å². The molecular weight excluding hydrogens is 394 g/mol. The number of rotatable bonds is 7. The van der Waals surface area contributed by atoms with Crippen molar-refractivity contribution in [2.24, 2.45) is 0 Å². The van der Waals surface area contributed by atoms with Crippen molar-refractivity contribution in [3.63, 3.8) is 0 Å². The minimum Gasteiger partial charge on any atom is -0.309 e. The highest BCUT2D eigenvalue weighted by Crippen LogP contribution is 2.33. The van der Waals surface area contributed by atoms with Crippen LogP contribution in [0.1, 0.15) is 42.5 Å². The number of halogens is 1. The van der Waals surface area contributed by atoms with Crippen molar-refractivity contribution in [1.82, 2.24) is 19.7 Å². The van der Waals surface area contributed by atoms with E-state index < -0.39 is 0 Å². The standard InChI is InChI=1S/C20H26ClN5OS/c1-13(2)26-16(12-14(3)23-26)19(27)25(11-7-10-24(4)5)20-22-18-15(21)8-6-9-17(18)28-20/h6,8-9,12-13H,7,10-11H2,1-5H3. The van der Waals surface area contributed by atoms with Gasteiger partial charge in [-0.3, -0.25) is 14.4 Å². The fourth-order valence-electron chi connectivity index (χ4n) is 3.06. The van der Waals surface area contributed by atoms with Crippen LogP contribution in [0.5, 0.6) is 0 Å². The summed E-state index contributed by atoms with van der Waals surface area (Å²) in [4.78, 5) is 22.1. The normalized spacial score (nSPS) is 11.7. The van der Waals surface area contributed by atoms with Gasteiger partial charge in [-0.05, 0) is 66.0 Å². The van der Waals surface area contributed by atoms with E-state index >= 15 is 0 Å². The highest BCUT2D eigenvalue weighted by atomic mass is 35.5. The predicted molar refractivity (Wildman–Crippen MR) is 117 cm³/mol. The number of carbonyl (C=O) groups is 1. The van der Waals surface area contributed by atoms with Gasteiger partial charge in [0.25, 0.3) is 5.91 Å². The average molecular weight is 420 g/mol. The van der Waals surface area contributed by atoms with Crippen LogP contribution in [0, 0.1) is 6.92 Å². The number of amides is 1. The number of para-hydroxylation sites is 1. The number of nitrogens with zero attached hydrogens (tertiary/aromatic N) is 5. The molecule has 6 nitrogen and oxygen atoms in total. The molecule has 0 aliphatic heterocycles. The lowest BCUT2D eigenvalue weighted by Crippen LogP contribution is -2.35. The molecule has 0 fully saturated rings. The fraction of sp³-hybridized carbons (Fsp3) is 0.450. The summed E-state index contributed by atoms with van der Waals surface area (Å²) >= 11 is 7.80. The molecule has 2 heterocycles. The maximum absolute atomic E-state index is 13.5. The van der Waals surface area contributed by atoms with Gasteiger partial charge >= 0.3 is 0 Å². The summed E-state index contributed by atoms with van der Waals surface area (Å²) < 4.78 is 2.76. The van der Waals surface area contributed by atoms with Gasteiger partial charge in [-0.25, -0.2) is 4.98 Å². The van der Waals surface area contributed by atoms with Crippen LogP contribution < -0.4 is 4.90 Å². The van der Waals surface area contributed by atoms with Gasteiger partial charge in [0.2, 0.25) is 0 Å². The molecule has 0 saturated carbocycles. The molecule has 3 rings (SSSR count). The molecule has 3 aromatic rings. The van der Waals surface area contributed by atoms with Crippen LogP contribution in [-0.2, 0) is 0 Å². The maximum atomic E-state index is 13.5. The first kappa shape index (κ1) is 20.8. The highest BCUT2D eigenvalue weighted by Gasteiger charge is 2.25. The Morgan fingerprint density at radius 3 is 2.68 bits per heavy atom. The van der Waals surface area contributed by atoms with Crippen molar-refractivity contribution < 1.29 is 4.79 Å². The second kappa shape index (κ2) is 8.59. The summed E-state index contributed by atoms with van der Waals surface area (Å²) in [6.07, 6.45) is 0.844. The van der Waals surface area contributed by atoms with E-state index in [-0.39, 0.29) is 11.9 Å². The largest absolute Gasteiger partial charge is 0.309 e. The quantitative estimate of drug-likeness (QED) is 0.560. The average Bonchev–Trinajstić information content (AvgIpc) is 3.22. The molecule has 0 atom stereocenters. The highest BCUT2D eigenvalue weighted by molar-refractivity contribution is 7.22.